The Kier molecular flexibility index (Phi) is 6.17. The normalized spacial score (nSPS) is 21.4. The van der Waals surface area contributed by atoms with Crippen LogP contribution in [0.2, 0.25) is 0 Å². The molecule has 2 heterocycles. The molecule has 4 aromatic rings. The van der Waals surface area contributed by atoms with Crippen molar-refractivity contribution in [2.75, 3.05) is 0 Å². The van der Waals surface area contributed by atoms with Crippen LogP contribution in [0.1, 0.15) is 57.1 Å². The van der Waals surface area contributed by atoms with Crippen molar-refractivity contribution in [3.8, 4) is 11.1 Å². The van der Waals surface area contributed by atoms with Gasteiger partial charge in [-0.15, -0.1) is 0 Å². The van der Waals surface area contributed by atoms with Crippen LogP contribution in [0.3, 0.4) is 0 Å². The standard InChI is InChI=1S/C30H34N3O3/c1-21(22-10-12-23(13-11-22)24-14-15-26-28(18-24)32(4)20-31-26)27-16-17-30(36-33(27)35,19-29(2,3)34)25-8-6-5-7-9-25/h5-15,18,20-21,27,34H,16-17,19H2,1-4H3/q+1/t21-,27?,30-/m0/s1. The van der Waals surface area contributed by atoms with Crippen molar-refractivity contribution in [2.45, 2.75) is 63.2 Å². The summed E-state index contributed by atoms with van der Waals surface area (Å²) in [4.78, 5) is 24.6. The Hall–Kier alpha value is -3.51. The first-order valence-corrected chi connectivity index (χ1v) is 12.6. The Bertz CT molecular complexity index is 1370. The molecule has 1 aliphatic heterocycles. The second-order valence-electron chi connectivity index (χ2n) is 10.8. The van der Waals surface area contributed by atoms with E-state index in [-0.39, 0.29) is 12.0 Å². The lowest BCUT2D eigenvalue weighted by molar-refractivity contribution is -0.861. The van der Waals surface area contributed by atoms with Crippen LogP contribution in [0.25, 0.3) is 22.2 Å². The molecular weight excluding hydrogens is 450 g/mol. The summed E-state index contributed by atoms with van der Waals surface area (Å²) in [6.45, 7) is 5.61. The first-order chi connectivity index (χ1) is 17.2. The van der Waals surface area contributed by atoms with E-state index in [0.717, 1.165) is 38.2 Å². The molecule has 1 aromatic heterocycles. The molecule has 0 radical (unpaired) electrons. The van der Waals surface area contributed by atoms with E-state index in [9.17, 15) is 10.0 Å². The van der Waals surface area contributed by atoms with Crippen LogP contribution in [0, 0.1) is 4.91 Å². The third-order valence-electron chi connectivity index (χ3n) is 7.47. The second-order valence-corrected chi connectivity index (χ2v) is 10.8. The minimum absolute atomic E-state index is 0.00739. The van der Waals surface area contributed by atoms with Gasteiger partial charge < -0.3 is 9.67 Å². The summed E-state index contributed by atoms with van der Waals surface area (Å²) >= 11 is 0. The highest BCUT2D eigenvalue weighted by Gasteiger charge is 2.53. The Morgan fingerprint density at radius 1 is 1.11 bits per heavy atom. The minimum Gasteiger partial charge on any atom is -0.390 e. The molecule has 0 saturated carbocycles. The quantitative estimate of drug-likeness (QED) is 0.350. The van der Waals surface area contributed by atoms with Crippen LogP contribution in [-0.2, 0) is 17.5 Å². The van der Waals surface area contributed by atoms with Crippen molar-refractivity contribution < 1.29 is 14.9 Å². The summed E-state index contributed by atoms with van der Waals surface area (Å²) in [5.74, 6) is -0.00739. The molecule has 36 heavy (non-hydrogen) atoms. The molecule has 0 aliphatic carbocycles. The lowest BCUT2D eigenvalue weighted by Gasteiger charge is -2.37. The number of aromatic nitrogens is 2. The van der Waals surface area contributed by atoms with E-state index in [1.54, 1.807) is 13.8 Å². The van der Waals surface area contributed by atoms with Crippen molar-refractivity contribution in [3.05, 3.63) is 95.2 Å². The predicted octanol–water partition coefficient (Wildman–Crippen LogP) is 6.27. The Morgan fingerprint density at radius 3 is 2.47 bits per heavy atom. The largest absolute Gasteiger partial charge is 0.390 e. The van der Waals surface area contributed by atoms with Gasteiger partial charge in [0.2, 0.25) is 10.5 Å². The van der Waals surface area contributed by atoms with Crippen molar-refractivity contribution in [1.29, 1.82) is 0 Å². The zero-order valence-electron chi connectivity index (χ0n) is 21.4. The molecule has 0 amide bonds. The van der Waals surface area contributed by atoms with Gasteiger partial charge in [0.1, 0.15) is 0 Å². The van der Waals surface area contributed by atoms with E-state index in [2.05, 4.69) is 48.3 Å². The maximum atomic E-state index is 13.3. The maximum Gasteiger partial charge on any atom is 0.264 e. The van der Waals surface area contributed by atoms with Crippen molar-refractivity contribution in [1.82, 2.24) is 9.55 Å². The molecule has 6 nitrogen and oxygen atoms in total. The Labute approximate surface area is 212 Å². The molecule has 0 spiro atoms. The zero-order valence-corrected chi connectivity index (χ0v) is 21.4. The average Bonchev–Trinajstić information content (AvgIpc) is 3.23. The molecule has 5 rings (SSSR count). The van der Waals surface area contributed by atoms with Gasteiger partial charge in [-0.25, -0.2) is 9.82 Å². The van der Waals surface area contributed by atoms with E-state index in [1.165, 1.54) is 0 Å². The lowest BCUT2D eigenvalue weighted by atomic mass is 9.77. The molecular formula is C30H34N3O3+. The van der Waals surface area contributed by atoms with Crippen molar-refractivity contribution in [2.24, 2.45) is 7.05 Å². The summed E-state index contributed by atoms with van der Waals surface area (Å²) in [5, 5.41) is 10.6. The van der Waals surface area contributed by atoms with Crippen molar-refractivity contribution >= 4 is 11.0 Å². The molecule has 0 bridgehead atoms. The number of nitrogens with zero attached hydrogens (tertiary/aromatic N) is 3. The number of aliphatic hydroxyl groups is 1. The SMILES string of the molecule is C[C@@H](c1ccc(-c2ccc3ncn(C)c3c2)cc1)C1CC[C@](CC(C)(C)O)(c2ccccc2)O[N+]1=O. The monoisotopic (exact) mass is 484 g/mol. The number of hydrogen-bond acceptors (Lipinski definition) is 4. The van der Waals surface area contributed by atoms with Gasteiger partial charge in [0, 0.05) is 31.9 Å². The van der Waals surface area contributed by atoms with E-state index >= 15 is 0 Å². The van der Waals surface area contributed by atoms with Gasteiger partial charge >= 0.3 is 0 Å². The summed E-state index contributed by atoms with van der Waals surface area (Å²) in [5.41, 5.74) is 4.56. The molecule has 1 unspecified atom stereocenters. The maximum absolute atomic E-state index is 13.3. The molecule has 1 N–H and O–H groups in total. The summed E-state index contributed by atoms with van der Waals surface area (Å²) in [6.07, 6.45) is 3.51. The van der Waals surface area contributed by atoms with Crippen LogP contribution < -0.4 is 0 Å². The number of hydrogen-bond donors (Lipinski definition) is 1. The van der Waals surface area contributed by atoms with E-state index < -0.39 is 11.2 Å². The van der Waals surface area contributed by atoms with Gasteiger partial charge in [0.15, 0.2) is 0 Å². The fraction of sp³-hybridized carbons (Fsp3) is 0.367. The topological polar surface area (TPSA) is 67.4 Å². The molecule has 1 fully saturated rings. The van der Waals surface area contributed by atoms with Crippen LogP contribution >= 0.6 is 0 Å². The van der Waals surface area contributed by atoms with Crippen molar-refractivity contribution in [3.63, 3.8) is 0 Å². The third kappa shape index (κ3) is 4.65. The van der Waals surface area contributed by atoms with Gasteiger partial charge in [0.25, 0.3) is 6.04 Å². The minimum atomic E-state index is -0.969. The number of aryl methyl sites for hydroxylation is 1. The smallest absolute Gasteiger partial charge is 0.264 e. The Balaban J connectivity index is 1.35. The highest BCUT2D eigenvalue weighted by atomic mass is 16.8. The molecule has 3 aromatic carbocycles. The number of rotatable bonds is 6. The van der Waals surface area contributed by atoms with E-state index in [4.69, 9.17) is 4.84 Å². The predicted molar refractivity (Wildman–Crippen MR) is 141 cm³/mol. The molecule has 186 valence electrons. The number of imidazole rings is 1. The van der Waals surface area contributed by atoms with Crippen LogP contribution in [0.15, 0.2) is 79.1 Å². The summed E-state index contributed by atoms with van der Waals surface area (Å²) in [6, 6.07) is 24.2. The first kappa shape index (κ1) is 24.2. The number of fused-ring (bicyclic) bond motifs is 1. The van der Waals surface area contributed by atoms with Gasteiger partial charge in [0.05, 0.1) is 33.8 Å². The average molecular weight is 485 g/mol. The molecule has 6 heteroatoms. The van der Waals surface area contributed by atoms with Gasteiger partial charge in [-0.1, -0.05) is 67.6 Å². The molecule has 3 atom stereocenters. The third-order valence-corrected chi connectivity index (χ3v) is 7.47. The van der Waals surface area contributed by atoms with Gasteiger partial charge in [-0.3, -0.25) is 0 Å². The number of benzene rings is 3. The second kappa shape index (κ2) is 9.17. The zero-order chi connectivity index (χ0) is 25.5. The summed E-state index contributed by atoms with van der Waals surface area (Å²) in [7, 11) is 2.00. The fourth-order valence-electron chi connectivity index (χ4n) is 5.57. The molecule has 1 aliphatic rings. The summed E-state index contributed by atoms with van der Waals surface area (Å²) < 4.78 is 2.02. The van der Waals surface area contributed by atoms with Gasteiger partial charge in [-0.2, -0.15) is 0 Å². The van der Waals surface area contributed by atoms with Crippen LogP contribution in [-0.4, -0.2) is 31.2 Å². The highest BCUT2D eigenvalue weighted by molar-refractivity contribution is 5.82. The first-order valence-electron chi connectivity index (χ1n) is 12.6. The Morgan fingerprint density at radius 2 is 1.81 bits per heavy atom. The van der Waals surface area contributed by atoms with Crippen LogP contribution in [0.4, 0.5) is 0 Å². The fourth-order valence-corrected chi connectivity index (χ4v) is 5.57. The van der Waals surface area contributed by atoms with E-state index in [1.807, 2.05) is 54.3 Å². The lowest BCUT2D eigenvalue weighted by Crippen LogP contribution is -2.48. The van der Waals surface area contributed by atoms with Gasteiger partial charge in [-0.05, 0) is 42.7 Å². The molecule has 1 saturated heterocycles. The van der Waals surface area contributed by atoms with Crippen LogP contribution in [0.5, 0.6) is 0 Å². The highest BCUT2D eigenvalue weighted by Crippen LogP contribution is 2.44. The van der Waals surface area contributed by atoms with E-state index in [0.29, 0.717) is 19.3 Å².